The number of rotatable bonds is 3. The van der Waals surface area contributed by atoms with Crippen LogP contribution in [0.25, 0.3) is 0 Å². The van der Waals surface area contributed by atoms with Gasteiger partial charge in [0.15, 0.2) is 0 Å². The minimum Gasteiger partial charge on any atom is -0.328 e. The lowest BCUT2D eigenvalue weighted by molar-refractivity contribution is 0.388. The zero-order valence-electron chi connectivity index (χ0n) is 3.81. The second-order valence-corrected chi connectivity index (χ2v) is 1.35. The van der Waals surface area contributed by atoms with Crippen LogP contribution in [0.15, 0.2) is 0 Å². The van der Waals surface area contributed by atoms with Gasteiger partial charge in [-0.25, -0.2) is 0 Å². The minimum atomic E-state index is 0.612. The summed E-state index contributed by atoms with van der Waals surface area (Å²) in [6, 6.07) is 0. The van der Waals surface area contributed by atoms with Gasteiger partial charge in [0.2, 0.25) is 0 Å². The van der Waals surface area contributed by atoms with Crippen molar-refractivity contribution in [1.29, 1.82) is 0 Å². The average Bonchev–Trinajstić information content (AvgIpc) is 1.61. The quantitative estimate of drug-likeness (QED) is 0.414. The minimum absolute atomic E-state index is 0.612. The molecule has 2 N–H and O–H groups in total. The Hall–Kier alpha value is 0.270. The van der Waals surface area contributed by atoms with Gasteiger partial charge in [-0.3, -0.25) is 0 Å². The van der Waals surface area contributed by atoms with Gasteiger partial charge in [0.25, 0.3) is 0 Å². The molecule has 38 valence electrons. The molecule has 0 aromatic heterocycles. The molecule has 0 heterocycles. The first kappa shape index (κ1) is 6.27. The molecule has 0 fully saturated rings. The lowest BCUT2D eigenvalue weighted by Crippen LogP contribution is -2.04. The van der Waals surface area contributed by atoms with E-state index in [1.54, 1.807) is 0 Å². The maximum Gasteiger partial charge on any atom is 0.0736 e. The Morgan fingerprint density at radius 1 is 1.83 bits per heavy atom. The molecule has 0 saturated heterocycles. The molecule has 6 heavy (non-hydrogen) atoms. The second-order valence-electron chi connectivity index (χ2n) is 0.777. The van der Waals surface area contributed by atoms with E-state index in [1.165, 1.54) is 12.0 Å². The normalized spacial score (nSPS) is 9.00. The van der Waals surface area contributed by atoms with E-state index < -0.39 is 0 Å². The molecule has 0 radical (unpaired) electrons. The summed E-state index contributed by atoms with van der Waals surface area (Å²) >= 11 is 1.35. The summed E-state index contributed by atoms with van der Waals surface area (Å²) in [4.78, 5) is 0. The van der Waals surface area contributed by atoms with Gasteiger partial charge in [0.1, 0.15) is 0 Å². The number of nitrogens with two attached hydrogens (primary N) is 1. The van der Waals surface area contributed by atoms with Gasteiger partial charge in [0, 0.05) is 12.8 Å². The third-order valence-corrected chi connectivity index (χ3v) is 0.721. The maximum atomic E-state index is 5.08. The molecule has 0 unspecified atom stereocenters. The Morgan fingerprint density at radius 2 is 2.50 bits per heavy atom. The van der Waals surface area contributed by atoms with Crippen molar-refractivity contribution in [3.63, 3.8) is 0 Å². The summed E-state index contributed by atoms with van der Waals surface area (Å²) in [5.41, 5.74) is 5.08. The lowest BCUT2D eigenvalue weighted by Gasteiger charge is -1.89. The summed E-state index contributed by atoms with van der Waals surface area (Å²) < 4.78 is 4.77. The summed E-state index contributed by atoms with van der Waals surface area (Å²) in [7, 11) is 0. The highest BCUT2D eigenvalue weighted by Crippen LogP contribution is 1.89. The van der Waals surface area contributed by atoms with Crippen LogP contribution in [0.3, 0.4) is 0 Å². The molecule has 0 aromatic carbocycles. The van der Waals surface area contributed by atoms with Gasteiger partial charge in [-0.05, 0) is 12.0 Å². The summed E-state index contributed by atoms with van der Waals surface area (Å²) in [5.74, 6) is 0. The smallest absolute Gasteiger partial charge is 0.0736 e. The van der Waals surface area contributed by atoms with Crippen molar-refractivity contribution in [3.05, 3.63) is 0 Å². The van der Waals surface area contributed by atoms with Crippen LogP contribution in [0.2, 0.25) is 0 Å². The molecule has 0 spiro atoms. The summed E-state index contributed by atoms with van der Waals surface area (Å²) in [6.07, 6.45) is 1.87. The molecule has 0 aliphatic heterocycles. The van der Waals surface area contributed by atoms with Crippen LogP contribution in [-0.2, 0) is 4.18 Å². The van der Waals surface area contributed by atoms with E-state index >= 15 is 0 Å². The van der Waals surface area contributed by atoms with Crippen molar-refractivity contribution in [2.45, 2.75) is 0 Å². The summed E-state index contributed by atoms with van der Waals surface area (Å²) in [5, 5.41) is 0. The molecule has 2 nitrogen and oxygen atoms in total. The van der Waals surface area contributed by atoms with E-state index in [-0.39, 0.29) is 0 Å². The third-order valence-electron chi connectivity index (χ3n) is 0.319. The lowest BCUT2D eigenvalue weighted by atomic mass is 10.8. The zero-order chi connectivity index (χ0) is 4.83. The Kier molecular flexibility index (Phi) is 5.51. The first-order valence-electron chi connectivity index (χ1n) is 1.77. The van der Waals surface area contributed by atoms with Crippen LogP contribution in [0, 0.1) is 0 Å². The van der Waals surface area contributed by atoms with Gasteiger partial charge in [-0.2, -0.15) is 0 Å². The van der Waals surface area contributed by atoms with Gasteiger partial charge in [-0.15, -0.1) is 0 Å². The average molecular weight is 107 g/mol. The van der Waals surface area contributed by atoms with E-state index in [2.05, 4.69) is 0 Å². The van der Waals surface area contributed by atoms with Crippen LogP contribution >= 0.6 is 12.0 Å². The van der Waals surface area contributed by atoms with Gasteiger partial charge < -0.3 is 9.92 Å². The SMILES string of the molecule is CSOCCN. The number of hydrogen-bond donors (Lipinski definition) is 1. The highest BCUT2D eigenvalue weighted by Gasteiger charge is 1.73. The molecular formula is C3H9NOS. The molecule has 0 rings (SSSR count). The monoisotopic (exact) mass is 107 g/mol. The topological polar surface area (TPSA) is 35.2 Å². The third kappa shape index (κ3) is 4.27. The van der Waals surface area contributed by atoms with Crippen LogP contribution in [0.1, 0.15) is 0 Å². The standard InChI is InChI=1S/C3H9NOS/c1-6-5-3-2-4/h2-4H2,1H3. The van der Waals surface area contributed by atoms with Crippen LogP contribution in [0.5, 0.6) is 0 Å². The van der Waals surface area contributed by atoms with E-state index in [4.69, 9.17) is 9.92 Å². The molecule has 0 saturated carbocycles. The van der Waals surface area contributed by atoms with Crippen molar-refractivity contribution in [2.24, 2.45) is 5.73 Å². The Bertz CT molecular complexity index is 22.8. The predicted molar refractivity (Wildman–Crippen MR) is 28.5 cm³/mol. The molecule has 0 aliphatic rings. The molecule has 0 amide bonds. The van der Waals surface area contributed by atoms with E-state index in [0.29, 0.717) is 13.2 Å². The molecule has 0 aromatic rings. The van der Waals surface area contributed by atoms with Crippen molar-refractivity contribution in [1.82, 2.24) is 0 Å². The fourth-order valence-corrected chi connectivity index (χ4v) is 0.394. The summed E-state index contributed by atoms with van der Waals surface area (Å²) in [6.45, 7) is 1.27. The number of hydrogen-bond acceptors (Lipinski definition) is 3. The highest BCUT2D eigenvalue weighted by molar-refractivity contribution is 7.93. The van der Waals surface area contributed by atoms with Crippen molar-refractivity contribution < 1.29 is 4.18 Å². The Balaban J connectivity index is 2.34. The van der Waals surface area contributed by atoms with Gasteiger partial charge in [0.05, 0.1) is 6.61 Å². The first-order valence-corrected chi connectivity index (χ1v) is 2.92. The van der Waals surface area contributed by atoms with Crippen molar-refractivity contribution >= 4 is 12.0 Å². The fourth-order valence-electron chi connectivity index (χ4n) is 0.131. The molecule has 3 heteroatoms. The molecule has 0 aliphatic carbocycles. The van der Waals surface area contributed by atoms with Crippen LogP contribution in [0.4, 0.5) is 0 Å². The van der Waals surface area contributed by atoms with E-state index in [9.17, 15) is 0 Å². The van der Waals surface area contributed by atoms with Crippen molar-refractivity contribution in [3.8, 4) is 0 Å². The van der Waals surface area contributed by atoms with Crippen LogP contribution in [-0.4, -0.2) is 19.4 Å². The largest absolute Gasteiger partial charge is 0.328 e. The maximum absolute atomic E-state index is 5.08. The zero-order valence-corrected chi connectivity index (χ0v) is 4.62. The second kappa shape index (κ2) is 5.27. The highest BCUT2D eigenvalue weighted by atomic mass is 32.2. The molecular weight excluding hydrogens is 98.1 g/mol. The Labute approximate surface area is 42.3 Å². The van der Waals surface area contributed by atoms with Crippen LogP contribution < -0.4 is 5.73 Å². The van der Waals surface area contributed by atoms with Gasteiger partial charge in [-0.1, -0.05) is 0 Å². The molecule has 0 atom stereocenters. The van der Waals surface area contributed by atoms with Gasteiger partial charge >= 0.3 is 0 Å². The van der Waals surface area contributed by atoms with Crippen molar-refractivity contribution in [2.75, 3.05) is 19.4 Å². The van der Waals surface area contributed by atoms with E-state index in [1.807, 2.05) is 6.26 Å². The van der Waals surface area contributed by atoms with E-state index in [0.717, 1.165) is 0 Å². The fraction of sp³-hybridized carbons (Fsp3) is 1.00. The molecule has 0 bridgehead atoms. The Morgan fingerprint density at radius 3 is 2.67 bits per heavy atom. The predicted octanol–water partition coefficient (Wildman–Crippen LogP) is 0.240. The first-order chi connectivity index (χ1) is 2.91.